The molecule has 0 saturated heterocycles. The number of benzene rings is 2. The molecule has 4 heteroatoms. The summed E-state index contributed by atoms with van der Waals surface area (Å²) in [5.74, 6) is 0. The molecular formula is C26H40B2O2. The van der Waals surface area contributed by atoms with Crippen LogP contribution in [0.15, 0.2) is 24.3 Å². The van der Waals surface area contributed by atoms with E-state index >= 15 is 0 Å². The molecule has 2 rings (SSSR count). The molecule has 0 fully saturated rings. The lowest BCUT2D eigenvalue weighted by atomic mass is 9.20. The molecule has 0 aliphatic carbocycles. The van der Waals surface area contributed by atoms with Crippen LogP contribution >= 0.6 is 0 Å². The van der Waals surface area contributed by atoms with Gasteiger partial charge in [-0.2, -0.15) is 0 Å². The molecule has 0 bridgehead atoms. The quantitative estimate of drug-likeness (QED) is 0.624. The highest BCUT2D eigenvalue weighted by atomic mass is 16.5. The van der Waals surface area contributed by atoms with E-state index in [9.17, 15) is 0 Å². The van der Waals surface area contributed by atoms with Gasteiger partial charge >= 0.3 is 13.6 Å². The Labute approximate surface area is 186 Å². The van der Waals surface area contributed by atoms with Crippen LogP contribution in [0, 0.1) is 41.5 Å². The van der Waals surface area contributed by atoms with Crippen LogP contribution in [0.3, 0.4) is 0 Å². The zero-order valence-electron chi connectivity index (χ0n) is 21.3. The molecule has 0 unspecified atom stereocenters. The number of rotatable bonds is 5. The molecule has 0 amide bonds. The standard InChI is InChI=1S/C26H40B2O2/c1-17-13-19(3)23(20(4)14-17)27(29-25(7,8)9)28(30-26(10,11)12)24-21(5)15-18(2)16-22(24)6/h13-16H,1-12H3. The van der Waals surface area contributed by atoms with Crippen molar-refractivity contribution in [3.63, 3.8) is 0 Å². The Morgan fingerprint density at radius 1 is 0.500 bits per heavy atom. The van der Waals surface area contributed by atoms with Crippen molar-refractivity contribution in [1.29, 1.82) is 0 Å². The number of hydrogen-bond donors (Lipinski definition) is 0. The summed E-state index contributed by atoms with van der Waals surface area (Å²) in [4.78, 5) is 0. The van der Waals surface area contributed by atoms with Gasteiger partial charge < -0.3 is 9.31 Å². The fourth-order valence-electron chi connectivity index (χ4n) is 4.59. The van der Waals surface area contributed by atoms with E-state index in [-0.39, 0.29) is 24.8 Å². The molecule has 0 N–H and O–H groups in total. The van der Waals surface area contributed by atoms with Crippen molar-refractivity contribution >= 4 is 24.5 Å². The maximum Gasteiger partial charge on any atom is 0.331 e. The molecule has 2 aromatic carbocycles. The van der Waals surface area contributed by atoms with E-state index in [0.717, 1.165) is 0 Å². The average molecular weight is 406 g/mol. The summed E-state index contributed by atoms with van der Waals surface area (Å²) in [5, 5.41) is 0. The molecule has 2 aromatic rings. The van der Waals surface area contributed by atoms with Gasteiger partial charge in [-0.05, 0) is 94.0 Å². The molecule has 0 aliphatic heterocycles. The van der Waals surface area contributed by atoms with Crippen LogP contribution in [0.25, 0.3) is 0 Å². The van der Waals surface area contributed by atoms with Gasteiger partial charge in [0.2, 0.25) is 0 Å². The van der Waals surface area contributed by atoms with Gasteiger partial charge in [-0.15, -0.1) is 0 Å². The van der Waals surface area contributed by atoms with Gasteiger partial charge in [-0.3, -0.25) is 0 Å². The van der Waals surface area contributed by atoms with Gasteiger partial charge in [-0.1, -0.05) is 57.6 Å². The normalized spacial score (nSPS) is 12.3. The van der Waals surface area contributed by atoms with Gasteiger partial charge in [0.25, 0.3) is 0 Å². The van der Waals surface area contributed by atoms with E-state index < -0.39 is 0 Å². The summed E-state index contributed by atoms with van der Waals surface area (Å²) in [7, 11) is 0. The van der Waals surface area contributed by atoms with E-state index in [4.69, 9.17) is 9.31 Å². The summed E-state index contributed by atoms with van der Waals surface area (Å²) in [5.41, 5.74) is 9.45. The van der Waals surface area contributed by atoms with Crippen molar-refractivity contribution in [2.75, 3.05) is 0 Å². The number of hydrogen-bond acceptors (Lipinski definition) is 2. The van der Waals surface area contributed by atoms with Crippen LogP contribution in [-0.4, -0.2) is 24.8 Å². The van der Waals surface area contributed by atoms with Gasteiger partial charge in [0.15, 0.2) is 0 Å². The molecule has 0 atom stereocenters. The molecule has 162 valence electrons. The zero-order valence-corrected chi connectivity index (χ0v) is 21.3. The average Bonchev–Trinajstić information content (AvgIpc) is 2.48. The summed E-state index contributed by atoms with van der Waals surface area (Å²) in [6.07, 6.45) is 0. The topological polar surface area (TPSA) is 18.5 Å². The fraction of sp³-hybridized carbons (Fsp3) is 0.538. The van der Waals surface area contributed by atoms with E-state index in [2.05, 4.69) is 107 Å². The Bertz CT molecular complexity index is 783. The van der Waals surface area contributed by atoms with Crippen LogP contribution in [0.1, 0.15) is 74.9 Å². The molecule has 0 saturated carbocycles. The van der Waals surface area contributed by atoms with Crippen LogP contribution in [-0.2, 0) is 9.31 Å². The van der Waals surface area contributed by atoms with E-state index in [0.29, 0.717) is 0 Å². The Morgan fingerprint density at radius 3 is 0.933 bits per heavy atom. The highest BCUT2D eigenvalue weighted by molar-refractivity contribution is 7.28. The maximum atomic E-state index is 6.80. The van der Waals surface area contributed by atoms with Gasteiger partial charge in [0.05, 0.1) is 0 Å². The minimum absolute atomic E-state index is 0.204. The smallest absolute Gasteiger partial charge is 0.331 e. The lowest BCUT2D eigenvalue weighted by Gasteiger charge is -2.36. The number of aryl methyl sites for hydroxylation is 6. The van der Waals surface area contributed by atoms with Gasteiger partial charge in [0, 0.05) is 11.2 Å². The molecule has 0 radical (unpaired) electrons. The first-order valence-electron chi connectivity index (χ1n) is 11.1. The van der Waals surface area contributed by atoms with E-state index in [1.54, 1.807) is 0 Å². The second kappa shape index (κ2) is 8.93. The van der Waals surface area contributed by atoms with Crippen molar-refractivity contribution in [3.05, 3.63) is 57.6 Å². The third-order valence-corrected chi connectivity index (χ3v) is 5.28. The molecule has 30 heavy (non-hydrogen) atoms. The first-order valence-corrected chi connectivity index (χ1v) is 11.1. The Kier molecular flexibility index (Phi) is 7.37. The largest absolute Gasteiger partial charge is 0.430 e. The second-order valence-corrected chi connectivity index (χ2v) is 10.9. The zero-order chi connectivity index (χ0) is 23.0. The lowest BCUT2D eigenvalue weighted by Crippen LogP contribution is -2.62. The Morgan fingerprint density at radius 2 is 0.733 bits per heavy atom. The minimum atomic E-state index is -0.305. The van der Waals surface area contributed by atoms with Crippen molar-refractivity contribution in [2.24, 2.45) is 0 Å². The maximum absolute atomic E-state index is 6.80. The Hall–Kier alpha value is -1.51. The van der Waals surface area contributed by atoms with Crippen LogP contribution in [0.5, 0.6) is 0 Å². The highest BCUT2D eigenvalue weighted by Crippen LogP contribution is 2.21. The van der Waals surface area contributed by atoms with Crippen molar-refractivity contribution in [3.8, 4) is 0 Å². The summed E-state index contributed by atoms with van der Waals surface area (Å²) >= 11 is 0. The monoisotopic (exact) mass is 406 g/mol. The predicted octanol–water partition coefficient (Wildman–Crippen LogP) is 5.34. The van der Waals surface area contributed by atoms with Gasteiger partial charge in [-0.25, -0.2) is 0 Å². The molecule has 0 aromatic heterocycles. The second-order valence-electron chi connectivity index (χ2n) is 10.9. The van der Waals surface area contributed by atoms with Crippen LogP contribution in [0.2, 0.25) is 0 Å². The summed E-state index contributed by atoms with van der Waals surface area (Å²) < 4.78 is 13.6. The summed E-state index contributed by atoms with van der Waals surface area (Å²) in [6.45, 7) is 25.4. The van der Waals surface area contributed by atoms with Gasteiger partial charge in [0.1, 0.15) is 0 Å². The van der Waals surface area contributed by atoms with E-state index in [1.165, 1.54) is 44.3 Å². The molecular weight excluding hydrogens is 366 g/mol. The molecule has 2 nitrogen and oxygen atoms in total. The third kappa shape index (κ3) is 6.25. The first kappa shape index (κ1) is 24.8. The summed E-state index contributed by atoms with van der Waals surface area (Å²) in [6, 6.07) is 9.02. The highest BCUT2D eigenvalue weighted by Gasteiger charge is 2.44. The predicted molar refractivity (Wildman–Crippen MR) is 134 cm³/mol. The van der Waals surface area contributed by atoms with E-state index in [1.807, 2.05) is 0 Å². The first-order chi connectivity index (χ1) is 13.6. The molecule has 0 spiro atoms. The van der Waals surface area contributed by atoms with Crippen molar-refractivity contribution in [2.45, 2.75) is 94.3 Å². The Balaban J connectivity index is 2.81. The van der Waals surface area contributed by atoms with Crippen LogP contribution in [0.4, 0.5) is 0 Å². The molecule has 0 aliphatic rings. The van der Waals surface area contributed by atoms with Crippen molar-refractivity contribution in [1.82, 2.24) is 0 Å². The third-order valence-electron chi connectivity index (χ3n) is 5.28. The van der Waals surface area contributed by atoms with Crippen LogP contribution < -0.4 is 10.9 Å². The SMILES string of the molecule is Cc1cc(C)c(B(OC(C)(C)C)B(OC(C)(C)C)c2c(C)cc(C)cc2C)c(C)c1. The van der Waals surface area contributed by atoms with Crippen molar-refractivity contribution < 1.29 is 9.31 Å². The fourth-order valence-corrected chi connectivity index (χ4v) is 4.59. The lowest BCUT2D eigenvalue weighted by molar-refractivity contribution is 0.118. The minimum Gasteiger partial charge on any atom is -0.430 e. The molecule has 0 heterocycles.